The van der Waals surface area contributed by atoms with E-state index in [-0.39, 0.29) is 10.8 Å². The molecule has 31 heavy (non-hydrogen) atoms. The first-order valence-electron chi connectivity index (χ1n) is 8.39. The molecule has 0 saturated carbocycles. The van der Waals surface area contributed by atoms with Gasteiger partial charge in [-0.3, -0.25) is 20.2 Å². The number of hydrogen-bond acceptors (Lipinski definition) is 10. The fraction of sp³-hybridized carbons (Fsp3) is 0.118. The molecule has 3 N–H and O–H groups in total. The molecule has 2 heterocycles. The lowest BCUT2D eigenvalue weighted by atomic mass is 10.1. The number of nitrogens with two attached hydrogens (primary N) is 1. The van der Waals surface area contributed by atoms with E-state index in [0.29, 0.717) is 11.3 Å². The zero-order chi connectivity index (χ0) is 22.8. The van der Waals surface area contributed by atoms with E-state index in [4.69, 9.17) is 14.3 Å². The number of primary sulfonamides is 1. The third-order valence-corrected chi connectivity index (χ3v) is 5.34. The van der Waals surface area contributed by atoms with Crippen LogP contribution in [0.5, 0.6) is 0 Å². The van der Waals surface area contributed by atoms with E-state index in [0.717, 1.165) is 23.5 Å². The second kappa shape index (κ2) is 8.63. The number of nitrogens with zero attached hydrogens (tertiary/aromatic N) is 2. The number of carbonyl (C=O) groups excluding carboxylic acids is 2. The predicted molar refractivity (Wildman–Crippen MR) is 108 cm³/mol. The predicted octanol–water partition coefficient (Wildman–Crippen LogP) is 2.14. The summed E-state index contributed by atoms with van der Waals surface area (Å²) in [6, 6.07) is 7.89. The maximum absolute atomic E-state index is 12.3. The first-order chi connectivity index (χ1) is 14.5. The van der Waals surface area contributed by atoms with Crippen molar-refractivity contribution < 1.29 is 32.1 Å². The summed E-state index contributed by atoms with van der Waals surface area (Å²) in [5.41, 5.74) is 0.814. The highest BCUT2D eigenvalue weighted by atomic mass is 32.2. The minimum Gasteiger partial charge on any atom is -0.447 e. The van der Waals surface area contributed by atoms with E-state index in [1.54, 1.807) is 11.4 Å². The molecule has 3 rings (SSSR count). The fourth-order valence-corrected chi connectivity index (χ4v) is 3.49. The lowest BCUT2D eigenvalue weighted by molar-refractivity contribution is -0.384. The molecule has 1 atom stereocenters. The van der Waals surface area contributed by atoms with Crippen LogP contribution in [0.15, 0.2) is 51.3 Å². The standard InChI is InChI=1S/C17H14N4O8S2/c1-9(28-16(23)13-5-6-14(29-13)31(18,26)27)15(22)20-17-19-12(8-30-17)10-3-2-4-11(7-10)21(24)25/h2-9H,1H3,(H2,18,26,27)(H,19,20,22). The number of benzene rings is 1. The molecule has 14 heteroatoms. The van der Waals surface area contributed by atoms with Crippen LogP contribution in [0.3, 0.4) is 0 Å². The number of nitrogens with one attached hydrogen (secondary N) is 1. The number of nitro benzene ring substituents is 1. The number of amides is 1. The molecule has 0 bridgehead atoms. The van der Waals surface area contributed by atoms with Crippen molar-refractivity contribution in [2.45, 2.75) is 18.1 Å². The van der Waals surface area contributed by atoms with E-state index >= 15 is 0 Å². The van der Waals surface area contributed by atoms with Crippen molar-refractivity contribution in [3.8, 4) is 11.3 Å². The molecular weight excluding hydrogens is 452 g/mol. The fourth-order valence-electron chi connectivity index (χ4n) is 2.30. The Hall–Kier alpha value is -3.62. The van der Waals surface area contributed by atoms with Gasteiger partial charge in [0.15, 0.2) is 11.2 Å². The van der Waals surface area contributed by atoms with Crippen LogP contribution in [0.1, 0.15) is 17.5 Å². The Morgan fingerprint density at radius 3 is 2.71 bits per heavy atom. The number of esters is 1. The maximum atomic E-state index is 12.3. The molecule has 0 radical (unpaired) electrons. The molecule has 0 spiro atoms. The molecule has 1 unspecified atom stereocenters. The highest BCUT2D eigenvalue weighted by Gasteiger charge is 2.24. The normalized spacial score (nSPS) is 12.2. The molecule has 0 fully saturated rings. The number of aromatic nitrogens is 1. The first kappa shape index (κ1) is 22.1. The molecule has 0 saturated heterocycles. The minimum absolute atomic E-state index is 0.0971. The van der Waals surface area contributed by atoms with Gasteiger partial charge in [0.2, 0.25) is 10.9 Å². The molecule has 0 aliphatic carbocycles. The van der Waals surface area contributed by atoms with Crippen LogP contribution in [0, 0.1) is 10.1 Å². The third kappa shape index (κ3) is 5.30. The number of hydrogen-bond donors (Lipinski definition) is 2. The van der Waals surface area contributed by atoms with E-state index < -0.39 is 43.8 Å². The Morgan fingerprint density at radius 2 is 2.06 bits per heavy atom. The highest BCUT2D eigenvalue weighted by Crippen LogP contribution is 2.27. The van der Waals surface area contributed by atoms with Gasteiger partial charge in [-0.2, -0.15) is 0 Å². The zero-order valence-corrected chi connectivity index (χ0v) is 17.3. The van der Waals surface area contributed by atoms with Crippen molar-refractivity contribution >= 4 is 44.1 Å². The van der Waals surface area contributed by atoms with Gasteiger partial charge >= 0.3 is 5.97 Å². The van der Waals surface area contributed by atoms with Crippen molar-refractivity contribution in [1.29, 1.82) is 0 Å². The average Bonchev–Trinajstić information content (AvgIpc) is 3.37. The number of carbonyl (C=O) groups is 2. The molecular formula is C17H14N4O8S2. The highest BCUT2D eigenvalue weighted by molar-refractivity contribution is 7.89. The Kier molecular flexibility index (Phi) is 6.14. The van der Waals surface area contributed by atoms with Gasteiger partial charge in [0.1, 0.15) is 0 Å². The van der Waals surface area contributed by atoms with Gasteiger partial charge in [-0.05, 0) is 19.1 Å². The summed E-state index contributed by atoms with van der Waals surface area (Å²) in [4.78, 5) is 38.9. The third-order valence-electron chi connectivity index (χ3n) is 3.80. The summed E-state index contributed by atoms with van der Waals surface area (Å²) < 4.78 is 32.1. The van der Waals surface area contributed by atoms with Gasteiger partial charge in [-0.15, -0.1) is 11.3 Å². The second-order valence-electron chi connectivity index (χ2n) is 6.05. The summed E-state index contributed by atoms with van der Waals surface area (Å²) >= 11 is 1.07. The van der Waals surface area contributed by atoms with E-state index in [1.165, 1.54) is 25.1 Å². The topological polar surface area (TPSA) is 185 Å². The van der Waals surface area contributed by atoms with Crippen LogP contribution in [-0.2, 0) is 19.6 Å². The van der Waals surface area contributed by atoms with Crippen molar-refractivity contribution in [2.24, 2.45) is 5.14 Å². The van der Waals surface area contributed by atoms with Gasteiger partial charge < -0.3 is 9.15 Å². The zero-order valence-electron chi connectivity index (χ0n) is 15.7. The molecule has 3 aromatic rings. The number of thiazole rings is 1. The van der Waals surface area contributed by atoms with Crippen LogP contribution >= 0.6 is 11.3 Å². The van der Waals surface area contributed by atoms with Gasteiger partial charge in [-0.1, -0.05) is 12.1 Å². The number of anilines is 1. The quantitative estimate of drug-likeness (QED) is 0.299. The number of nitro groups is 1. The van der Waals surface area contributed by atoms with Crippen LogP contribution in [0.25, 0.3) is 11.3 Å². The molecule has 12 nitrogen and oxygen atoms in total. The summed E-state index contributed by atoms with van der Waals surface area (Å²) in [6.45, 7) is 1.30. The summed E-state index contributed by atoms with van der Waals surface area (Å²) in [5, 5.41) is 19.4. The smallest absolute Gasteiger partial charge is 0.375 e. The van der Waals surface area contributed by atoms with Crippen LogP contribution in [-0.4, -0.2) is 36.3 Å². The monoisotopic (exact) mass is 466 g/mol. The first-order valence-corrected chi connectivity index (χ1v) is 10.8. The van der Waals surface area contributed by atoms with Gasteiger partial charge in [0.05, 0.1) is 10.6 Å². The van der Waals surface area contributed by atoms with Crippen LogP contribution < -0.4 is 10.5 Å². The minimum atomic E-state index is -4.13. The number of rotatable bonds is 7. The molecule has 0 aliphatic heterocycles. The lowest BCUT2D eigenvalue weighted by Crippen LogP contribution is -2.29. The average molecular weight is 466 g/mol. The summed E-state index contributed by atoms with van der Waals surface area (Å²) in [6.07, 6.45) is -1.26. The van der Waals surface area contributed by atoms with Crippen LogP contribution in [0.2, 0.25) is 0 Å². The van der Waals surface area contributed by atoms with E-state index in [2.05, 4.69) is 10.3 Å². The van der Waals surface area contributed by atoms with Crippen molar-refractivity contribution in [1.82, 2.24) is 4.98 Å². The molecule has 0 aliphatic rings. The Balaban J connectivity index is 1.64. The summed E-state index contributed by atoms with van der Waals surface area (Å²) in [5.74, 6) is -2.20. The second-order valence-corrected chi connectivity index (χ2v) is 8.40. The number of sulfonamides is 1. The largest absolute Gasteiger partial charge is 0.447 e. The number of non-ortho nitro benzene ring substituents is 1. The van der Waals surface area contributed by atoms with Gasteiger partial charge in [0, 0.05) is 23.1 Å². The number of ether oxygens (including phenoxy) is 1. The van der Waals surface area contributed by atoms with Crippen LogP contribution in [0.4, 0.5) is 10.8 Å². The Morgan fingerprint density at radius 1 is 1.32 bits per heavy atom. The van der Waals surface area contributed by atoms with Gasteiger partial charge in [-0.25, -0.2) is 23.3 Å². The van der Waals surface area contributed by atoms with Gasteiger partial charge in [0.25, 0.3) is 21.6 Å². The molecule has 1 amide bonds. The van der Waals surface area contributed by atoms with E-state index in [9.17, 15) is 28.1 Å². The van der Waals surface area contributed by atoms with Crippen molar-refractivity contribution in [3.63, 3.8) is 0 Å². The van der Waals surface area contributed by atoms with E-state index in [1.807, 2.05) is 0 Å². The molecule has 2 aromatic heterocycles. The summed E-state index contributed by atoms with van der Waals surface area (Å²) in [7, 11) is -4.13. The molecule has 1 aromatic carbocycles. The Bertz CT molecular complexity index is 1260. The lowest BCUT2D eigenvalue weighted by Gasteiger charge is -2.11. The van der Waals surface area contributed by atoms with Crippen molar-refractivity contribution in [3.05, 3.63) is 57.7 Å². The Labute approximate surface area is 178 Å². The maximum Gasteiger partial charge on any atom is 0.375 e. The van der Waals surface area contributed by atoms with Crippen molar-refractivity contribution in [2.75, 3.05) is 5.32 Å². The SMILES string of the molecule is CC(OC(=O)c1ccc(S(N)(=O)=O)o1)C(=O)Nc1nc(-c2cccc([N+](=O)[O-])c2)cs1. The molecule has 162 valence electrons. The number of furan rings is 1.